The van der Waals surface area contributed by atoms with Crippen molar-refractivity contribution in [1.29, 1.82) is 0 Å². The number of hydrogen-bond acceptors (Lipinski definition) is 3. The van der Waals surface area contributed by atoms with Gasteiger partial charge in [0.1, 0.15) is 5.60 Å². The molecule has 1 aromatic carbocycles. The minimum absolute atomic E-state index is 0.473. The van der Waals surface area contributed by atoms with Crippen LogP contribution in [0.15, 0.2) is 30.3 Å². The number of hydrogen-bond donors (Lipinski definition) is 1. The largest absolute Gasteiger partial charge is 0.294 e. The Hall–Kier alpha value is -1.45. The maximum absolute atomic E-state index is 5.29. The van der Waals surface area contributed by atoms with E-state index in [9.17, 15) is 0 Å². The van der Waals surface area contributed by atoms with Crippen molar-refractivity contribution in [1.82, 2.24) is 4.98 Å². The number of aryl methyl sites for hydroxylation is 1. The molecular formula is C13H16N2O. The SMILES string of the molecule is Cc1ccc2cc(C(C)(C)ON)ccc2n1. The molecule has 0 spiro atoms. The molecule has 0 bridgehead atoms. The van der Waals surface area contributed by atoms with Crippen molar-refractivity contribution in [2.75, 3.05) is 0 Å². The first-order valence-electron chi connectivity index (χ1n) is 5.29. The summed E-state index contributed by atoms with van der Waals surface area (Å²) in [5, 5.41) is 1.10. The normalized spacial score (nSPS) is 12.0. The fourth-order valence-corrected chi connectivity index (χ4v) is 1.67. The van der Waals surface area contributed by atoms with Gasteiger partial charge in [-0.1, -0.05) is 12.1 Å². The second-order valence-corrected chi connectivity index (χ2v) is 4.49. The zero-order chi connectivity index (χ0) is 11.8. The molecule has 2 N–H and O–H groups in total. The van der Waals surface area contributed by atoms with Gasteiger partial charge in [0.2, 0.25) is 0 Å². The van der Waals surface area contributed by atoms with Crippen molar-refractivity contribution in [3.05, 3.63) is 41.6 Å². The number of aromatic nitrogens is 1. The van der Waals surface area contributed by atoms with Crippen molar-refractivity contribution in [2.45, 2.75) is 26.4 Å². The lowest BCUT2D eigenvalue weighted by molar-refractivity contribution is -0.0235. The Labute approximate surface area is 95.2 Å². The van der Waals surface area contributed by atoms with E-state index in [4.69, 9.17) is 10.7 Å². The van der Waals surface area contributed by atoms with Crippen LogP contribution in [-0.4, -0.2) is 4.98 Å². The molecule has 3 heteroatoms. The lowest BCUT2D eigenvalue weighted by atomic mass is 9.96. The molecule has 2 rings (SSSR count). The third kappa shape index (κ3) is 1.92. The number of nitrogens with two attached hydrogens (primary N) is 1. The Morgan fingerprint density at radius 2 is 1.94 bits per heavy atom. The third-order valence-electron chi connectivity index (χ3n) is 2.82. The highest BCUT2D eigenvalue weighted by molar-refractivity contribution is 5.79. The number of nitrogens with zero attached hydrogens (tertiary/aromatic N) is 1. The number of rotatable bonds is 2. The first-order chi connectivity index (χ1) is 7.53. The fraction of sp³-hybridized carbons (Fsp3) is 0.308. The van der Waals surface area contributed by atoms with Gasteiger partial charge in [-0.2, -0.15) is 0 Å². The van der Waals surface area contributed by atoms with Gasteiger partial charge in [0.05, 0.1) is 5.52 Å². The van der Waals surface area contributed by atoms with Gasteiger partial charge in [-0.25, -0.2) is 5.90 Å². The van der Waals surface area contributed by atoms with Gasteiger partial charge in [0.15, 0.2) is 0 Å². The maximum atomic E-state index is 5.29. The van der Waals surface area contributed by atoms with Crippen LogP contribution in [0, 0.1) is 6.92 Å². The molecule has 0 atom stereocenters. The van der Waals surface area contributed by atoms with E-state index >= 15 is 0 Å². The van der Waals surface area contributed by atoms with Crippen LogP contribution in [0.2, 0.25) is 0 Å². The van der Waals surface area contributed by atoms with Crippen LogP contribution in [0.25, 0.3) is 10.9 Å². The van der Waals surface area contributed by atoms with Gasteiger partial charge in [0, 0.05) is 11.1 Å². The van der Waals surface area contributed by atoms with E-state index < -0.39 is 5.60 Å². The molecule has 0 aliphatic heterocycles. The molecule has 0 unspecified atom stereocenters. The van der Waals surface area contributed by atoms with Crippen LogP contribution in [0.3, 0.4) is 0 Å². The molecule has 0 aliphatic carbocycles. The molecule has 1 heterocycles. The molecule has 0 radical (unpaired) electrons. The number of benzene rings is 1. The summed E-state index contributed by atoms with van der Waals surface area (Å²) in [7, 11) is 0. The Kier molecular flexibility index (Phi) is 2.66. The zero-order valence-electron chi connectivity index (χ0n) is 9.82. The van der Waals surface area contributed by atoms with E-state index in [1.54, 1.807) is 0 Å². The van der Waals surface area contributed by atoms with Crippen LogP contribution >= 0.6 is 0 Å². The summed E-state index contributed by atoms with van der Waals surface area (Å²) in [6.07, 6.45) is 0. The van der Waals surface area contributed by atoms with Gasteiger partial charge < -0.3 is 0 Å². The Bertz CT molecular complexity index is 520. The molecular weight excluding hydrogens is 200 g/mol. The Morgan fingerprint density at radius 1 is 1.19 bits per heavy atom. The zero-order valence-corrected chi connectivity index (χ0v) is 9.82. The summed E-state index contributed by atoms with van der Waals surface area (Å²) in [6, 6.07) is 10.1. The summed E-state index contributed by atoms with van der Waals surface area (Å²) < 4.78 is 0. The van der Waals surface area contributed by atoms with E-state index in [1.807, 2.05) is 39.0 Å². The van der Waals surface area contributed by atoms with E-state index in [2.05, 4.69) is 17.1 Å². The van der Waals surface area contributed by atoms with Crippen molar-refractivity contribution >= 4 is 10.9 Å². The molecule has 0 saturated heterocycles. The van der Waals surface area contributed by atoms with Gasteiger partial charge in [-0.05, 0) is 44.5 Å². The van der Waals surface area contributed by atoms with Crippen LogP contribution in [-0.2, 0) is 10.4 Å². The van der Waals surface area contributed by atoms with Crippen LogP contribution in [0.5, 0.6) is 0 Å². The predicted octanol–water partition coefficient (Wildman–Crippen LogP) is 2.67. The summed E-state index contributed by atoms with van der Waals surface area (Å²) in [5.74, 6) is 5.29. The van der Waals surface area contributed by atoms with Crippen LogP contribution in [0.4, 0.5) is 0 Å². The van der Waals surface area contributed by atoms with E-state index in [0.717, 1.165) is 22.2 Å². The first-order valence-corrected chi connectivity index (χ1v) is 5.29. The minimum atomic E-state index is -0.473. The van der Waals surface area contributed by atoms with Crippen molar-refractivity contribution < 1.29 is 4.84 Å². The Balaban J connectivity index is 2.57. The average Bonchev–Trinajstić information content (AvgIpc) is 2.28. The van der Waals surface area contributed by atoms with Crippen LogP contribution in [0.1, 0.15) is 25.1 Å². The van der Waals surface area contributed by atoms with E-state index in [0.29, 0.717) is 0 Å². The summed E-state index contributed by atoms with van der Waals surface area (Å²) in [5.41, 5.74) is 2.60. The first kappa shape index (κ1) is 11.0. The highest BCUT2D eigenvalue weighted by Gasteiger charge is 2.20. The monoisotopic (exact) mass is 216 g/mol. The second kappa shape index (κ2) is 3.85. The van der Waals surface area contributed by atoms with Gasteiger partial charge in [-0.3, -0.25) is 9.82 Å². The smallest absolute Gasteiger partial charge is 0.109 e. The summed E-state index contributed by atoms with van der Waals surface area (Å²) in [4.78, 5) is 9.43. The third-order valence-corrected chi connectivity index (χ3v) is 2.82. The number of fused-ring (bicyclic) bond motifs is 1. The average molecular weight is 216 g/mol. The van der Waals surface area contributed by atoms with Gasteiger partial charge >= 0.3 is 0 Å². The van der Waals surface area contributed by atoms with Gasteiger partial charge in [0.25, 0.3) is 0 Å². The fourth-order valence-electron chi connectivity index (χ4n) is 1.67. The topological polar surface area (TPSA) is 48.1 Å². The standard InChI is InChI=1S/C13H16N2O/c1-9-4-5-10-8-11(13(2,3)16-14)6-7-12(10)15-9/h4-8H,14H2,1-3H3. The Morgan fingerprint density at radius 3 is 2.62 bits per heavy atom. The molecule has 1 aromatic heterocycles. The maximum Gasteiger partial charge on any atom is 0.109 e. The molecule has 0 saturated carbocycles. The highest BCUT2D eigenvalue weighted by Crippen LogP contribution is 2.25. The van der Waals surface area contributed by atoms with Crippen molar-refractivity contribution in [3.63, 3.8) is 0 Å². The highest BCUT2D eigenvalue weighted by atomic mass is 16.6. The predicted molar refractivity (Wildman–Crippen MR) is 64.8 cm³/mol. The second-order valence-electron chi connectivity index (χ2n) is 4.49. The summed E-state index contributed by atoms with van der Waals surface area (Å²) >= 11 is 0. The van der Waals surface area contributed by atoms with Crippen LogP contribution < -0.4 is 5.90 Å². The molecule has 0 aliphatic rings. The van der Waals surface area contributed by atoms with Gasteiger partial charge in [-0.15, -0.1) is 0 Å². The molecule has 2 aromatic rings. The van der Waals surface area contributed by atoms with E-state index in [1.165, 1.54) is 0 Å². The quantitative estimate of drug-likeness (QED) is 0.785. The summed E-state index contributed by atoms with van der Waals surface area (Å²) in [6.45, 7) is 5.87. The lowest BCUT2D eigenvalue weighted by Gasteiger charge is -2.22. The van der Waals surface area contributed by atoms with Crippen molar-refractivity contribution in [2.24, 2.45) is 5.90 Å². The van der Waals surface area contributed by atoms with E-state index in [-0.39, 0.29) is 0 Å². The molecule has 84 valence electrons. The number of pyridine rings is 1. The molecule has 0 amide bonds. The lowest BCUT2D eigenvalue weighted by Crippen LogP contribution is -2.25. The minimum Gasteiger partial charge on any atom is -0.294 e. The van der Waals surface area contributed by atoms with Crippen molar-refractivity contribution in [3.8, 4) is 0 Å². The molecule has 3 nitrogen and oxygen atoms in total. The molecule has 0 fully saturated rings. The molecule has 16 heavy (non-hydrogen) atoms.